The van der Waals surface area contributed by atoms with Gasteiger partial charge in [-0.05, 0) is 43.4 Å². The summed E-state index contributed by atoms with van der Waals surface area (Å²) in [6, 6.07) is 0. The molecule has 0 N–H and O–H groups in total. The summed E-state index contributed by atoms with van der Waals surface area (Å²) >= 11 is 0. The van der Waals surface area contributed by atoms with Gasteiger partial charge < -0.3 is 0 Å². The topological polar surface area (TPSA) is 17.1 Å². The molecule has 0 amide bonds. The molecule has 3 rings (SSSR count). The predicted molar refractivity (Wildman–Crippen MR) is 64.9 cm³/mol. The summed E-state index contributed by atoms with van der Waals surface area (Å²) in [7, 11) is 0. The maximum Gasteiger partial charge on any atom is 0.146 e. The van der Waals surface area contributed by atoms with E-state index >= 15 is 0 Å². The van der Waals surface area contributed by atoms with E-state index in [2.05, 4.69) is 33.8 Å². The van der Waals surface area contributed by atoms with Crippen LogP contribution in [-0.4, -0.2) is 5.78 Å². The number of rotatable bonds is 1. The van der Waals surface area contributed by atoms with Crippen LogP contribution >= 0.6 is 0 Å². The lowest BCUT2D eigenvalue weighted by Gasteiger charge is -2.32. The highest BCUT2D eigenvalue weighted by Gasteiger charge is 2.63. The summed E-state index contributed by atoms with van der Waals surface area (Å²) in [6.07, 6.45) is 4.81. The summed E-state index contributed by atoms with van der Waals surface area (Å²) in [5, 5.41) is 0. The molecule has 1 heteroatoms. The molecular formula is C15H22O. The number of hydrogen-bond donors (Lipinski definition) is 0. The lowest BCUT2D eigenvalue weighted by atomic mass is 9.70. The molecule has 16 heavy (non-hydrogen) atoms. The Balaban J connectivity index is 2.10. The minimum atomic E-state index is -0.00222. The largest absolute Gasteiger partial charge is 0.298 e. The van der Waals surface area contributed by atoms with Crippen molar-refractivity contribution in [1.82, 2.24) is 0 Å². The molecule has 3 aliphatic rings. The van der Waals surface area contributed by atoms with Gasteiger partial charge in [0, 0.05) is 11.3 Å². The zero-order valence-electron chi connectivity index (χ0n) is 10.8. The zero-order chi connectivity index (χ0) is 11.7. The van der Waals surface area contributed by atoms with Crippen molar-refractivity contribution in [2.45, 2.75) is 40.5 Å². The van der Waals surface area contributed by atoms with Crippen LogP contribution in [0.2, 0.25) is 0 Å². The van der Waals surface area contributed by atoms with Crippen LogP contribution in [0.5, 0.6) is 0 Å². The van der Waals surface area contributed by atoms with Crippen molar-refractivity contribution in [1.29, 1.82) is 0 Å². The van der Waals surface area contributed by atoms with Gasteiger partial charge in [0.2, 0.25) is 0 Å². The third kappa shape index (κ3) is 1.00. The standard InChI is InChI=1S/C15H22O/c1-8(2)12-6-10-5-9(3)11-7-13(10)15(12,4)14(11)16/h5,8,10-13H,6-7H2,1-4H3/t10-,11+,12-,13-,15+/m0/s1. The highest BCUT2D eigenvalue weighted by molar-refractivity contribution is 5.93. The van der Waals surface area contributed by atoms with E-state index in [0.29, 0.717) is 29.5 Å². The first-order chi connectivity index (χ1) is 7.46. The summed E-state index contributed by atoms with van der Waals surface area (Å²) < 4.78 is 0. The third-order valence-corrected chi connectivity index (χ3v) is 5.75. The molecule has 0 spiro atoms. The predicted octanol–water partition coefficient (Wildman–Crippen LogP) is 3.45. The van der Waals surface area contributed by atoms with Crippen molar-refractivity contribution in [2.24, 2.45) is 35.0 Å². The SMILES string of the molecule is CC1=C[C@H]2C[C@@H](C(C)C)[C@@]3(C)C(=O)[C@@H]1C[C@@H]23. The van der Waals surface area contributed by atoms with E-state index in [0.717, 1.165) is 6.42 Å². The van der Waals surface area contributed by atoms with Crippen molar-refractivity contribution in [2.75, 3.05) is 0 Å². The van der Waals surface area contributed by atoms with Gasteiger partial charge in [0.1, 0.15) is 5.78 Å². The fourth-order valence-electron chi connectivity index (χ4n) is 4.94. The number of carbonyl (C=O) groups is 1. The van der Waals surface area contributed by atoms with Gasteiger partial charge in [-0.3, -0.25) is 4.79 Å². The van der Waals surface area contributed by atoms with E-state index in [1.54, 1.807) is 0 Å². The third-order valence-electron chi connectivity index (χ3n) is 5.75. The molecular weight excluding hydrogens is 196 g/mol. The first-order valence-electron chi connectivity index (χ1n) is 6.69. The molecule has 88 valence electrons. The molecule has 1 nitrogen and oxygen atoms in total. The smallest absolute Gasteiger partial charge is 0.146 e. The van der Waals surface area contributed by atoms with E-state index in [9.17, 15) is 4.79 Å². The number of carbonyl (C=O) groups excluding carboxylic acids is 1. The van der Waals surface area contributed by atoms with Crippen molar-refractivity contribution in [3.8, 4) is 0 Å². The van der Waals surface area contributed by atoms with Crippen LogP contribution in [-0.2, 0) is 4.79 Å². The number of hydrogen-bond acceptors (Lipinski definition) is 1. The Bertz CT molecular complexity index is 379. The second-order valence-corrected chi connectivity index (χ2v) is 6.70. The lowest BCUT2D eigenvalue weighted by molar-refractivity contribution is -0.130. The highest BCUT2D eigenvalue weighted by Crippen LogP contribution is 2.64. The summed E-state index contributed by atoms with van der Waals surface area (Å²) in [5.41, 5.74) is 1.36. The van der Waals surface area contributed by atoms with Crippen molar-refractivity contribution in [3.63, 3.8) is 0 Å². The van der Waals surface area contributed by atoms with Crippen LogP contribution in [0.15, 0.2) is 11.6 Å². The molecule has 0 saturated heterocycles. The second-order valence-electron chi connectivity index (χ2n) is 6.70. The van der Waals surface area contributed by atoms with Gasteiger partial charge in [-0.25, -0.2) is 0 Å². The van der Waals surface area contributed by atoms with Crippen molar-refractivity contribution < 1.29 is 4.79 Å². The first kappa shape index (κ1) is 10.6. The second kappa shape index (κ2) is 3.00. The van der Waals surface area contributed by atoms with Crippen LogP contribution < -0.4 is 0 Å². The van der Waals surface area contributed by atoms with Gasteiger partial charge in [-0.2, -0.15) is 0 Å². The molecule has 0 aromatic rings. The molecule has 0 aromatic heterocycles. The monoisotopic (exact) mass is 218 g/mol. The average molecular weight is 218 g/mol. The summed E-state index contributed by atoms with van der Waals surface area (Å²) in [5.74, 6) is 3.44. The fourth-order valence-corrected chi connectivity index (χ4v) is 4.94. The number of fused-ring (bicyclic) bond motifs is 1. The Morgan fingerprint density at radius 1 is 1.38 bits per heavy atom. The van der Waals surface area contributed by atoms with Crippen molar-refractivity contribution in [3.05, 3.63) is 11.6 Å². The molecule has 0 heterocycles. The Morgan fingerprint density at radius 3 is 2.69 bits per heavy atom. The van der Waals surface area contributed by atoms with E-state index in [1.165, 1.54) is 12.0 Å². The Kier molecular flexibility index (Phi) is 1.98. The zero-order valence-corrected chi connectivity index (χ0v) is 10.8. The summed E-state index contributed by atoms with van der Waals surface area (Å²) in [6.45, 7) is 8.99. The molecule has 2 bridgehead atoms. The molecule has 0 aromatic carbocycles. The van der Waals surface area contributed by atoms with Crippen LogP contribution in [0.1, 0.15) is 40.5 Å². The molecule has 0 unspecified atom stereocenters. The Morgan fingerprint density at radius 2 is 2.06 bits per heavy atom. The summed E-state index contributed by atoms with van der Waals surface area (Å²) in [4.78, 5) is 12.7. The van der Waals surface area contributed by atoms with Gasteiger partial charge in [-0.15, -0.1) is 0 Å². The maximum absolute atomic E-state index is 12.7. The quantitative estimate of drug-likeness (QED) is 0.616. The Labute approximate surface area is 98.3 Å². The van der Waals surface area contributed by atoms with Gasteiger partial charge >= 0.3 is 0 Å². The number of ketones is 1. The fraction of sp³-hybridized carbons (Fsp3) is 0.800. The molecule has 2 saturated carbocycles. The van der Waals surface area contributed by atoms with Crippen LogP contribution in [0.4, 0.5) is 0 Å². The Hall–Kier alpha value is -0.590. The first-order valence-corrected chi connectivity index (χ1v) is 6.69. The van der Waals surface area contributed by atoms with E-state index < -0.39 is 0 Å². The minimum absolute atomic E-state index is 0.00222. The maximum atomic E-state index is 12.7. The normalized spacial score (nSPS) is 50.1. The van der Waals surface area contributed by atoms with Gasteiger partial charge in [0.25, 0.3) is 0 Å². The van der Waals surface area contributed by atoms with E-state index in [-0.39, 0.29) is 11.3 Å². The lowest BCUT2D eigenvalue weighted by Crippen LogP contribution is -2.35. The molecule has 0 aliphatic heterocycles. The van der Waals surface area contributed by atoms with Crippen LogP contribution in [0, 0.1) is 35.0 Å². The molecule has 2 fully saturated rings. The van der Waals surface area contributed by atoms with E-state index in [1.807, 2.05) is 0 Å². The van der Waals surface area contributed by atoms with Gasteiger partial charge in [-0.1, -0.05) is 32.4 Å². The molecule has 3 aliphatic carbocycles. The highest BCUT2D eigenvalue weighted by atomic mass is 16.1. The van der Waals surface area contributed by atoms with Gasteiger partial charge in [0.05, 0.1) is 0 Å². The minimum Gasteiger partial charge on any atom is -0.298 e. The molecule has 5 atom stereocenters. The molecule has 0 radical (unpaired) electrons. The van der Waals surface area contributed by atoms with E-state index in [4.69, 9.17) is 0 Å². The number of Topliss-reactive ketones (excluding diaryl/α,β-unsaturated/α-hetero) is 1. The van der Waals surface area contributed by atoms with Crippen LogP contribution in [0.3, 0.4) is 0 Å². The van der Waals surface area contributed by atoms with Crippen LogP contribution in [0.25, 0.3) is 0 Å². The average Bonchev–Trinajstić information content (AvgIpc) is 2.61. The number of allylic oxidation sites excluding steroid dienone is 2. The van der Waals surface area contributed by atoms with Crippen molar-refractivity contribution >= 4 is 5.78 Å². The van der Waals surface area contributed by atoms with Gasteiger partial charge in [0.15, 0.2) is 0 Å².